The Morgan fingerprint density at radius 1 is 1.36 bits per heavy atom. The molecule has 4 heteroatoms. The first kappa shape index (κ1) is 9.00. The highest BCUT2D eigenvalue weighted by atomic mass is 32.2. The lowest BCUT2D eigenvalue weighted by Crippen LogP contribution is -2.17. The van der Waals surface area contributed by atoms with Gasteiger partial charge in [-0.2, -0.15) is 0 Å². The predicted molar refractivity (Wildman–Crippen MR) is 43.3 cm³/mol. The fourth-order valence-electron chi connectivity index (χ4n) is 1.50. The van der Waals surface area contributed by atoms with Crippen molar-refractivity contribution < 1.29 is 13.2 Å². The molecule has 0 heterocycles. The Hall–Kier alpha value is -0.0900. The number of methoxy groups -OCH3 is 1. The summed E-state index contributed by atoms with van der Waals surface area (Å²) in [5.41, 5.74) is 0. The molecule has 2 unspecified atom stereocenters. The summed E-state index contributed by atoms with van der Waals surface area (Å²) < 4.78 is 27.2. The zero-order valence-electron chi connectivity index (χ0n) is 6.91. The Bertz CT molecular complexity index is 220. The molecular formula is C7H14O3S. The topological polar surface area (TPSA) is 43.4 Å². The van der Waals surface area contributed by atoms with Crippen LogP contribution >= 0.6 is 0 Å². The van der Waals surface area contributed by atoms with E-state index in [9.17, 15) is 8.42 Å². The van der Waals surface area contributed by atoms with Crippen molar-refractivity contribution in [2.24, 2.45) is 0 Å². The normalized spacial score (nSPS) is 32.5. The molecule has 0 aliphatic heterocycles. The van der Waals surface area contributed by atoms with E-state index in [0.29, 0.717) is 6.42 Å². The minimum atomic E-state index is -2.83. The maximum atomic E-state index is 11.0. The minimum absolute atomic E-state index is 0.160. The van der Waals surface area contributed by atoms with Crippen molar-refractivity contribution in [2.75, 3.05) is 13.4 Å². The van der Waals surface area contributed by atoms with Gasteiger partial charge in [-0.1, -0.05) is 0 Å². The van der Waals surface area contributed by atoms with E-state index in [-0.39, 0.29) is 11.4 Å². The molecule has 0 N–H and O–H groups in total. The lowest BCUT2D eigenvalue weighted by Gasteiger charge is -2.07. The average molecular weight is 178 g/mol. The van der Waals surface area contributed by atoms with Gasteiger partial charge >= 0.3 is 0 Å². The molecule has 0 spiro atoms. The van der Waals surface area contributed by atoms with Gasteiger partial charge in [-0.15, -0.1) is 0 Å². The van der Waals surface area contributed by atoms with E-state index >= 15 is 0 Å². The van der Waals surface area contributed by atoms with Crippen molar-refractivity contribution in [3.63, 3.8) is 0 Å². The van der Waals surface area contributed by atoms with Crippen LogP contribution in [0.4, 0.5) is 0 Å². The molecule has 0 aromatic carbocycles. The molecule has 0 amide bonds. The van der Waals surface area contributed by atoms with Crippen LogP contribution in [0.3, 0.4) is 0 Å². The minimum Gasteiger partial charge on any atom is -0.381 e. The third-order valence-corrected chi connectivity index (χ3v) is 3.91. The summed E-state index contributed by atoms with van der Waals surface area (Å²) in [7, 11) is -1.19. The summed E-state index contributed by atoms with van der Waals surface area (Å²) in [6.45, 7) is 0. The molecule has 0 aromatic heterocycles. The quantitative estimate of drug-likeness (QED) is 0.622. The molecule has 1 rings (SSSR count). The molecular weight excluding hydrogens is 164 g/mol. The van der Waals surface area contributed by atoms with Gasteiger partial charge in [-0.05, 0) is 19.3 Å². The molecule has 0 aromatic rings. The van der Waals surface area contributed by atoms with Crippen molar-refractivity contribution >= 4 is 9.84 Å². The molecule has 1 aliphatic rings. The van der Waals surface area contributed by atoms with E-state index in [1.54, 1.807) is 7.11 Å². The van der Waals surface area contributed by atoms with Crippen molar-refractivity contribution in [1.29, 1.82) is 0 Å². The molecule has 2 atom stereocenters. The Balaban J connectivity index is 2.55. The fourth-order valence-corrected chi connectivity index (χ4v) is 2.63. The number of sulfone groups is 1. The van der Waals surface area contributed by atoms with Crippen LogP contribution in [-0.4, -0.2) is 33.1 Å². The Morgan fingerprint density at radius 3 is 2.27 bits per heavy atom. The molecule has 1 aliphatic carbocycles. The van der Waals surface area contributed by atoms with Crippen LogP contribution in [0, 0.1) is 0 Å². The van der Waals surface area contributed by atoms with Gasteiger partial charge in [0.2, 0.25) is 0 Å². The van der Waals surface area contributed by atoms with Crippen LogP contribution in [0.1, 0.15) is 19.3 Å². The Kier molecular flexibility index (Phi) is 2.54. The van der Waals surface area contributed by atoms with Crippen LogP contribution in [0.15, 0.2) is 0 Å². The first-order valence-electron chi connectivity index (χ1n) is 3.75. The highest BCUT2D eigenvalue weighted by Gasteiger charge is 2.31. The van der Waals surface area contributed by atoms with Gasteiger partial charge in [0.15, 0.2) is 0 Å². The molecule has 3 nitrogen and oxygen atoms in total. The maximum absolute atomic E-state index is 11.0. The lowest BCUT2D eigenvalue weighted by atomic mass is 10.3. The zero-order valence-corrected chi connectivity index (χ0v) is 7.73. The molecule has 0 radical (unpaired) electrons. The van der Waals surface area contributed by atoms with Gasteiger partial charge in [-0.25, -0.2) is 8.42 Å². The summed E-state index contributed by atoms with van der Waals surface area (Å²) in [4.78, 5) is 0. The van der Waals surface area contributed by atoms with Crippen LogP contribution in [0.2, 0.25) is 0 Å². The summed E-state index contributed by atoms with van der Waals surface area (Å²) >= 11 is 0. The number of hydrogen-bond acceptors (Lipinski definition) is 3. The first-order valence-corrected chi connectivity index (χ1v) is 5.71. The Morgan fingerprint density at radius 2 is 2.00 bits per heavy atom. The molecule has 0 saturated heterocycles. The third kappa shape index (κ3) is 2.17. The smallest absolute Gasteiger partial charge is 0.150 e. The molecule has 66 valence electrons. The summed E-state index contributed by atoms with van der Waals surface area (Å²) in [6.07, 6.45) is 3.78. The summed E-state index contributed by atoms with van der Waals surface area (Å²) in [6, 6.07) is 0. The fraction of sp³-hybridized carbons (Fsp3) is 1.00. The van der Waals surface area contributed by atoms with Crippen LogP contribution in [0.25, 0.3) is 0 Å². The van der Waals surface area contributed by atoms with Crippen molar-refractivity contribution in [2.45, 2.75) is 30.6 Å². The molecule has 1 fully saturated rings. The van der Waals surface area contributed by atoms with Gasteiger partial charge in [0.1, 0.15) is 9.84 Å². The number of hydrogen-bond donors (Lipinski definition) is 0. The first-order chi connectivity index (χ1) is 5.04. The van der Waals surface area contributed by atoms with Crippen LogP contribution in [0.5, 0.6) is 0 Å². The van der Waals surface area contributed by atoms with Gasteiger partial charge in [0, 0.05) is 13.4 Å². The zero-order chi connectivity index (χ0) is 8.48. The number of rotatable bonds is 2. The van der Waals surface area contributed by atoms with E-state index in [0.717, 1.165) is 12.8 Å². The maximum Gasteiger partial charge on any atom is 0.150 e. The van der Waals surface area contributed by atoms with E-state index in [4.69, 9.17) is 4.74 Å². The van der Waals surface area contributed by atoms with Gasteiger partial charge in [0.25, 0.3) is 0 Å². The van der Waals surface area contributed by atoms with E-state index < -0.39 is 9.84 Å². The third-order valence-electron chi connectivity index (χ3n) is 2.28. The highest BCUT2D eigenvalue weighted by Crippen LogP contribution is 2.26. The highest BCUT2D eigenvalue weighted by molar-refractivity contribution is 7.91. The van der Waals surface area contributed by atoms with Crippen LogP contribution < -0.4 is 0 Å². The summed E-state index contributed by atoms with van der Waals surface area (Å²) in [5.74, 6) is 0. The Labute approximate surface area is 67.7 Å². The summed E-state index contributed by atoms with van der Waals surface area (Å²) in [5, 5.41) is -0.160. The average Bonchev–Trinajstić information content (AvgIpc) is 2.32. The number of ether oxygens (including phenoxy) is 1. The second-order valence-electron chi connectivity index (χ2n) is 3.12. The predicted octanol–water partition coefficient (Wildman–Crippen LogP) is 0.599. The van der Waals surface area contributed by atoms with Gasteiger partial charge in [-0.3, -0.25) is 0 Å². The largest absolute Gasteiger partial charge is 0.381 e. The molecule has 11 heavy (non-hydrogen) atoms. The van der Waals surface area contributed by atoms with E-state index in [2.05, 4.69) is 0 Å². The second-order valence-corrected chi connectivity index (χ2v) is 5.45. The lowest BCUT2D eigenvalue weighted by molar-refractivity contribution is 0.109. The molecule has 0 bridgehead atoms. The van der Waals surface area contributed by atoms with Gasteiger partial charge < -0.3 is 4.74 Å². The van der Waals surface area contributed by atoms with E-state index in [1.165, 1.54) is 6.26 Å². The van der Waals surface area contributed by atoms with E-state index in [1.807, 2.05) is 0 Å². The monoisotopic (exact) mass is 178 g/mol. The van der Waals surface area contributed by atoms with Crippen molar-refractivity contribution in [1.82, 2.24) is 0 Å². The van der Waals surface area contributed by atoms with Gasteiger partial charge in [0.05, 0.1) is 11.4 Å². The SMILES string of the molecule is COC1CCC(S(C)(=O)=O)C1. The van der Waals surface area contributed by atoms with Crippen molar-refractivity contribution in [3.05, 3.63) is 0 Å². The van der Waals surface area contributed by atoms with Crippen LogP contribution in [-0.2, 0) is 14.6 Å². The standard InChI is InChI=1S/C7H14O3S/c1-10-6-3-4-7(5-6)11(2,8)9/h6-7H,3-5H2,1-2H3. The van der Waals surface area contributed by atoms with Crippen molar-refractivity contribution in [3.8, 4) is 0 Å². The second kappa shape index (κ2) is 3.11. The molecule has 1 saturated carbocycles.